The van der Waals surface area contributed by atoms with E-state index in [0.717, 1.165) is 25.5 Å². The molecule has 0 saturated heterocycles. The Balaban J connectivity index is 3.05. The first-order valence-corrected chi connectivity index (χ1v) is 7.27. The van der Waals surface area contributed by atoms with E-state index in [-0.39, 0.29) is 4.90 Å². The Morgan fingerprint density at radius 1 is 1.38 bits per heavy atom. The van der Waals surface area contributed by atoms with Crippen LogP contribution in [0.5, 0.6) is 0 Å². The SMILES string of the molecule is CCCCCc1c(S(C)(=O)=O)ccc[n+]1[O-]. The Morgan fingerprint density at radius 2 is 2.06 bits per heavy atom. The lowest BCUT2D eigenvalue weighted by Gasteiger charge is -2.08. The Labute approximate surface area is 96.4 Å². The molecule has 0 aliphatic carbocycles. The smallest absolute Gasteiger partial charge is 0.211 e. The summed E-state index contributed by atoms with van der Waals surface area (Å²) in [5.41, 5.74) is 0.360. The summed E-state index contributed by atoms with van der Waals surface area (Å²) in [5.74, 6) is 0. The molecule has 4 nitrogen and oxygen atoms in total. The highest BCUT2D eigenvalue weighted by atomic mass is 32.2. The summed E-state index contributed by atoms with van der Waals surface area (Å²) in [6.45, 7) is 2.06. The quantitative estimate of drug-likeness (QED) is 0.447. The van der Waals surface area contributed by atoms with E-state index in [1.54, 1.807) is 0 Å². The van der Waals surface area contributed by atoms with Gasteiger partial charge in [-0.3, -0.25) is 0 Å². The molecule has 1 aromatic rings. The predicted octanol–water partition coefficient (Wildman–Crippen LogP) is 1.46. The Kier molecular flexibility index (Phi) is 4.29. The topological polar surface area (TPSA) is 61.1 Å². The van der Waals surface area contributed by atoms with Gasteiger partial charge in [0.05, 0.1) is 0 Å². The number of unbranched alkanes of at least 4 members (excludes halogenated alkanes) is 2. The third-order valence-corrected chi connectivity index (χ3v) is 3.61. The lowest BCUT2D eigenvalue weighted by atomic mass is 10.1. The van der Waals surface area contributed by atoms with Gasteiger partial charge in [-0.05, 0) is 12.5 Å². The highest BCUT2D eigenvalue weighted by Gasteiger charge is 2.19. The first kappa shape index (κ1) is 13.0. The van der Waals surface area contributed by atoms with Crippen molar-refractivity contribution < 1.29 is 13.1 Å². The van der Waals surface area contributed by atoms with Gasteiger partial charge in [0.25, 0.3) is 0 Å². The zero-order chi connectivity index (χ0) is 12.2. The summed E-state index contributed by atoms with van der Waals surface area (Å²) in [5, 5.41) is 11.5. The van der Waals surface area contributed by atoms with Gasteiger partial charge < -0.3 is 5.21 Å². The fourth-order valence-corrected chi connectivity index (χ4v) is 2.56. The number of sulfone groups is 1. The van der Waals surface area contributed by atoms with Gasteiger partial charge in [0.1, 0.15) is 4.90 Å². The summed E-state index contributed by atoms with van der Waals surface area (Å²) in [7, 11) is -3.31. The van der Waals surface area contributed by atoms with Crippen molar-refractivity contribution in [2.24, 2.45) is 0 Å². The molecule has 0 unspecified atom stereocenters. The first-order valence-electron chi connectivity index (χ1n) is 5.38. The molecule has 1 heterocycles. The van der Waals surface area contributed by atoms with Gasteiger partial charge in [0.2, 0.25) is 5.69 Å². The summed E-state index contributed by atoms with van der Waals surface area (Å²) in [6, 6.07) is 2.96. The summed E-state index contributed by atoms with van der Waals surface area (Å²) < 4.78 is 23.6. The van der Waals surface area contributed by atoms with Gasteiger partial charge in [-0.15, -0.1) is 0 Å². The van der Waals surface area contributed by atoms with Gasteiger partial charge >= 0.3 is 0 Å². The molecule has 0 atom stereocenters. The predicted molar refractivity (Wildman–Crippen MR) is 61.7 cm³/mol. The molecule has 1 aromatic heterocycles. The van der Waals surface area contributed by atoms with Gasteiger partial charge in [-0.2, -0.15) is 4.73 Å². The van der Waals surface area contributed by atoms with Crippen LogP contribution in [0.3, 0.4) is 0 Å². The highest BCUT2D eigenvalue weighted by molar-refractivity contribution is 7.90. The lowest BCUT2D eigenvalue weighted by Crippen LogP contribution is -2.33. The molecule has 0 radical (unpaired) electrons. The maximum Gasteiger partial charge on any atom is 0.211 e. The molecule has 16 heavy (non-hydrogen) atoms. The van der Waals surface area contributed by atoms with E-state index in [1.165, 1.54) is 18.3 Å². The van der Waals surface area contributed by atoms with Crippen LogP contribution in [0.2, 0.25) is 0 Å². The maximum absolute atomic E-state index is 11.5. The van der Waals surface area contributed by atoms with Crippen LogP contribution in [-0.4, -0.2) is 14.7 Å². The first-order chi connectivity index (χ1) is 7.46. The van der Waals surface area contributed by atoms with Crippen LogP contribution in [0.4, 0.5) is 0 Å². The second kappa shape index (κ2) is 5.30. The zero-order valence-electron chi connectivity index (χ0n) is 9.64. The van der Waals surface area contributed by atoms with E-state index in [4.69, 9.17) is 0 Å². The van der Waals surface area contributed by atoms with Crippen molar-refractivity contribution >= 4 is 9.84 Å². The summed E-state index contributed by atoms with van der Waals surface area (Å²) in [4.78, 5) is 0.154. The number of pyridine rings is 1. The van der Waals surface area contributed by atoms with Gasteiger partial charge in [0.15, 0.2) is 16.0 Å². The standard InChI is InChI=1S/C11H17NO3S/c1-3-4-5-7-10-11(16(2,14)15)8-6-9-12(10)13/h6,8-9H,3-5,7H2,1-2H3. The summed E-state index contributed by atoms with van der Waals surface area (Å²) >= 11 is 0. The van der Waals surface area contributed by atoms with Crippen LogP contribution >= 0.6 is 0 Å². The average molecular weight is 243 g/mol. The Morgan fingerprint density at radius 3 is 2.62 bits per heavy atom. The molecular weight excluding hydrogens is 226 g/mol. The molecule has 0 aromatic carbocycles. The minimum absolute atomic E-state index is 0.154. The number of hydrogen-bond acceptors (Lipinski definition) is 3. The van der Waals surface area contributed by atoms with E-state index < -0.39 is 9.84 Å². The number of hydrogen-bond donors (Lipinski definition) is 0. The molecule has 0 spiro atoms. The van der Waals surface area contributed by atoms with Crippen molar-refractivity contribution in [3.63, 3.8) is 0 Å². The van der Waals surface area contributed by atoms with Crippen molar-refractivity contribution in [3.05, 3.63) is 29.2 Å². The molecule has 90 valence electrons. The Bertz CT molecular complexity index is 454. The molecule has 0 N–H and O–H groups in total. The second-order valence-electron chi connectivity index (χ2n) is 3.87. The number of aromatic nitrogens is 1. The van der Waals surface area contributed by atoms with Crippen LogP contribution in [-0.2, 0) is 16.3 Å². The molecule has 0 saturated carbocycles. The minimum Gasteiger partial charge on any atom is -0.618 e. The second-order valence-corrected chi connectivity index (χ2v) is 5.86. The van der Waals surface area contributed by atoms with Crippen molar-refractivity contribution in [3.8, 4) is 0 Å². The molecule has 0 aliphatic heterocycles. The van der Waals surface area contributed by atoms with Gasteiger partial charge in [0, 0.05) is 18.7 Å². The molecule has 5 heteroatoms. The number of nitrogens with zero attached hydrogens (tertiary/aromatic N) is 1. The molecular formula is C11H17NO3S. The monoisotopic (exact) mass is 243 g/mol. The van der Waals surface area contributed by atoms with Crippen molar-refractivity contribution in [1.82, 2.24) is 0 Å². The van der Waals surface area contributed by atoms with Gasteiger partial charge in [-0.25, -0.2) is 8.42 Å². The van der Waals surface area contributed by atoms with Crippen molar-refractivity contribution in [1.29, 1.82) is 0 Å². The van der Waals surface area contributed by atoms with E-state index in [2.05, 4.69) is 6.92 Å². The van der Waals surface area contributed by atoms with E-state index >= 15 is 0 Å². The van der Waals surface area contributed by atoms with Gasteiger partial charge in [-0.1, -0.05) is 19.8 Å². The zero-order valence-corrected chi connectivity index (χ0v) is 10.5. The molecule has 0 fully saturated rings. The van der Waals surface area contributed by atoms with Crippen LogP contribution in [0.25, 0.3) is 0 Å². The van der Waals surface area contributed by atoms with Crippen molar-refractivity contribution in [2.75, 3.05) is 6.26 Å². The van der Waals surface area contributed by atoms with E-state index in [0.29, 0.717) is 16.8 Å². The highest BCUT2D eigenvalue weighted by Crippen LogP contribution is 2.14. The normalized spacial score (nSPS) is 11.6. The van der Waals surface area contributed by atoms with Crippen LogP contribution in [0, 0.1) is 5.21 Å². The maximum atomic E-state index is 11.5. The largest absolute Gasteiger partial charge is 0.618 e. The molecule has 0 bridgehead atoms. The van der Waals surface area contributed by atoms with Crippen LogP contribution in [0.15, 0.2) is 23.2 Å². The molecule has 0 aliphatic rings. The third kappa shape index (κ3) is 3.20. The lowest BCUT2D eigenvalue weighted by molar-refractivity contribution is -0.616. The Hall–Kier alpha value is -1.10. The minimum atomic E-state index is -3.31. The van der Waals surface area contributed by atoms with Crippen molar-refractivity contribution in [2.45, 2.75) is 37.5 Å². The van der Waals surface area contributed by atoms with Crippen LogP contribution < -0.4 is 4.73 Å². The number of rotatable bonds is 5. The van der Waals surface area contributed by atoms with E-state index in [9.17, 15) is 13.6 Å². The molecule has 0 amide bonds. The fourth-order valence-electron chi connectivity index (χ4n) is 1.62. The average Bonchev–Trinajstić information content (AvgIpc) is 2.19. The van der Waals surface area contributed by atoms with Crippen LogP contribution in [0.1, 0.15) is 31.9 Å². The van der Waals surface area contributed by atoms with E-state index in [1.807, 2.05) is 0 Å². The third-order valence-electron chi connectivity index (χ3n) is 2.44. The summed E-state index contributed by atoms with van der Waals surface area (Å²) in [6.07, 6.45) is 5.87. The fraction of sp³-hybridized carbons (Fsp3) is 0.545. The molecule has 1 rings (SSSR count).